The van der Waals surface area contributed by atoms with Crippen LogP contribution in [0.4, 0.5) is 11.5 Å². The number of rotatable bonds is 3. The molecule has 0 atom stereocenters. The molecule has 1 amide bonds. The van der Waals surface area contributed by atoms with Crippen molar-refractivity contribution in [1.82, 2.24) is 4.98 Å². The van der Waals surface area contributed by atoms with E-state index in [0.29, 0.717) is 41.8 Å². The van der Waals surface area contributed by atoms with Crippen molar-refractivity contribution in [1.29, 1.82) is 0 Å². The summed E-state index contributed by atoms with van der Waals surface area (Å²) in [5.41, 5.74) is 1.19. The summed E-state index contributed by atoms with van der Waals surface area (Å²) in [5, 5.41) is 2.90. The Hall–Kier alpha value is -2.80. The first-order chi connectivity index (χ1) is 11.8. The van der Waals surface area contributed by atoms with E-state index in [-0.39, 0.29) is 12.7 Å². The van der Waals surface area contributed by atoms with Crippen molar-refractivity contribution in [3.63, 3.8) is 0 Å². The normalized spacial score (nSPS) is 16.1. The van der Waals surface area contributed by atoms with E-state index in [4.69, 9.17) is 14.2 Å². The number of hydrogen-bond acceptors (Lipinski definition) is 6. The smallest absolute Gasteiger partial charge is 0.259 e. The Morgan fingerprint density at radius 1 is 1.12 bits per heavy atom. The molecule has 1 aromatic heterocycles. The topological polar surface area (TPSA) is 72.9 Å². The van der Waals surface area contributed by atoms with Crippen molar-refractivity contribution in [3.05, 3.63) is 42.1 Å². The highest BCUT2D eigenvalue weighted by molar-refractivity contribution is 6.07. The second kappa shape index (κ2) is 6.37. The molecule has 1 fully saturated rings. The van der Waals surface area contributed by atoms with E-state index < -0.39 is 0 Å². The summed E-state index contributed by atoms with van der Waals surface area (Å²) in [5.74, 6) is 1.79. The van der Waals surface area contributed by atoms with Crippen LogP contribution in [0, 0.1) is 0 Å². The van der Waals surface area contributed by atoms with Gasteiger partial charge in [-0.05, 0) is 24.3 Å². The number of nitrogens with zero attached hydrogens (tertiary/aromatic N) is 2. The minimum atomic E-state index is -0.205. The molecular formula is C17H17N3O4. The highest BCUT2D eigenvalue weighted by Crippen LogP contribution is 2.34. The van der Waals surface area contributed by atoms with Crippen LogP contribution in [0.25, 0.3) is 0 Å². The zero-order valence-corrected chi connectivity index (χ0v) is 13.0. The van der Waals surface area contributed by atoms with E-state index >= 15 is 0 Å². The number of anilines is 2. The molecule has 7 heteroatoms. The quantitative estimate of drug-likeness (QED) is 0.928. The van der Waals surface area contributed by atoms with E-state index in [1.807, 2.05) is 0 Å². The summed E-state index contributed by atoms with van der Waals surface area (Å²) in [6.07, 6.45) is 1.70. The molecule has 124 valence electrons. The van der Waals surface area contributed by atoms with Gasteiger partial charge in [-0.15, -0.1) is 0 Å². The van der Waals surface area contributed by atoms with Gasteiger partial charge in [0.2, 0.25) is 6.79 Å². The molecule has 3 heterocycles. The average Bonchev–Trinajstić information content (AvgIpc) is 3.10. The molecule has 24 heavy (non-hydrogen) atoms. The van der Waals surface area contributed by atoms with E-state index in [1.165, 1.54) is 0 Å². The van der Waals surface area contributed by atoms with Crippen molar-refractivity contribution < 1.29 is 19.0 Å². The van der Waals surface area contributed by atoms with Gasteiger partial charge in [0.05, 0.1) is 18.8 Å². The molecule has 0 saturated carbocycles. The highest BCUT2D eigenvalue weighted by Gasteiger charge is 2.21. The van der Waals surface area contributed by atoms with Crippen LogP contribution in [0.2, 0.25) is 0 Å². The third-order valence-electron chi connectivity index (χ3n) is 3.97. The summed E-state index contributed by atoms with van der Waals surface area (Å²) in [7, 11) is 0. The van der Waals surface area contributed by atoms with E-state index in [9.17, 15) is 4.79 Å². The number of fused-ring (bicyclic) bond motifs is 1. The van der Waals surface area contributed by atoms with Crippen molar-refractivity contribution in [3.8, 4) is 11.5 Å². The van der Waals surface area contributed by atoms with E-state index in [0.717, 1.165) is 13.1 Å². The number of carbonyl (C=O) groups excluding carboxylic acids is 1. The van der Waals surface area contributed by atoms with Gasteiger partial charge in [0.25, 0.3) is 5.91 Å². The van der Waals surface area contributed by atoms with E-state index in [2.05, 4.69) is 15.2 Å². The molecule has 1 saturated heterocycles. The predicted octanol–water partition coefficient (Wildman–Crippen LogP) is 1.90. The molecule has 0 spiro atoms. The van der Waals surface area contributed by atoms with Crippen LogP contribution >= 0.6 is 0 Å². The molecule has 2 aromatic rings. The lowest BCUT2D eigenvalue weighted by Gasteiger charge is -2.29. The number of ether oxygens (including phenoxy) is 3. The number of pyridine rings is 1. The largest absolute Gasteiger partial charge is 0.454 e. The summed E-state index contributed by atoms with van der Waals surface area (Å²) in [6.45, 7) is 2.93. The fourth-order valence-corrected chi connectivity index (χ4v) is 2.77. The van der Waals surface area contributed by atoms with Gasteiger partial charge in [0, 0.05) is 31.0 Å². The molecule has 0 unspecified atom stereocenters. The molecule has 0 bridgehead atoms. The molecule has 2 aliphatic heterocycles. The molecule has 0 radical (unpaired) electrons. The van der Waals surface area contributed by atoms with Gasteiger partial charge in [-0.3, -0.25) is 4.79 Å². The van der Waals surface area contributed by atoms with Gasteiger partial charge in [0.15, 0.2) is 11.5 Å². The molecular weight excluding hydrogens is 310 g/mol. The van der Waals surface area contributed by atoms with Gasteiger partial charge in [-0.25, -0.2) is 4.98 Å². The summed E-state index contributed by atoms with van der Waals surface area (Å²) in [6, 6.07) is 8.86. The van der Waals surface area contributed by atoms with Gasteiger partial charge >= 0.3 is 0 Å². The first-order valence-corrected chi connectivity index (χ1v) is 7.80. The summed E-state index contributed by atoms with van der Waals surface area (Å²) >= 11 is 0. The van der Waals surface area contributed by atoms with Crippen molar-refractivity contribution in [2.75, 3.05) is 43.3 Å². The second-order valence-corrected chi connectivity index (χ2v) is 5.50. The Bertz CT molecular complexity index is 759. The number of hydrogen-bond donors (Lipinski definition) is 1. The molecule has 7 nitrogen and oxygen atoms in total. The minimum absolute atomic E-state index is 0.205. The maximum atomic E-state index is 12.7. The van der Waals surface area contributed by atoms with Crippen LogP contribution in [0.5, 0.6) is 11.5 Å². The maximum Gasteiger partial charge on any atom is 0.259 e. The fourth-order valence-electron chi connectivity index (χ4n) is 2.77. The van der Waals surface area contributed by atoms with Gasteiger partial charge < -0.3 is 24.4 Å². The zero-order chi connectivity index (χ0) is 16.4. The first kappa shape index (κ1) is 14.8. The molecule has 1 aromatic carbocycles. The number of carbonyl (C=O) groups is 1. The Morgan fingerprint density at radius 3 is 2.83 bits per heavy atom. The summed E-state index contributed by atoms with van der Waals surface area (Å²) < 4.78 is 16.0. The Balaban J connectivity index is 1.56. The van der Waals surface area contributed by atoms with Crippen LogP contribution in [0.1, 0.15) is 10.4 Å². The predicted molar refractivity (Wildman–Crippen MR) is 87.8 cm³/mol. The molecule has 1 N–H and O–H groups in total. The number of amides is 1. The molecule has 2 aliphatic rings. The molecule has 0 aliphatic carbocycles. The van der Waals surface area contributed by atoms with Crippen molar-refractivity contribution in [2.24, 2.45) is 0 Å². The van der Waals surface area contributed by atoms with Crippen molar-refractivity contribution in [2.45, 2.75) is 0 Å². The van der Waals surface area contributed by atoms with Crippen LogP contribution in [-0.4, -0.2) is 44.0 Å². The van der Waals surface area contributed by atoms with Crippen LogP contribution in [-0.2, 0) is 4.74 Å². The minimum Gasteiger partial charge on any atom is -0.454 e. The lowest BCUT2D eigenvalue weighted by molar-refractivity contribution is 0.102. The lowest BCUT2D eigenvalue weighted by atomic mass is 10.2. The standard InChI is InChI=1S/C17H17N3O4/c21-17(19-12-3-4-14-15(10-12)24-11-23-14)13-2-1-5-18-16(13)20-6-8-22-9-7-20/h1-5,10H,6-9,11H2,(H,19,21). The van der Waals surface area contributed by atoms with Crippen LogP contribution in [0.15, 0.2) is 36.5 Å². The molecule has 4 rings (SSSR count). The number of nitrogens with one attached hydrogen (secondary N) is 1. The summed E-state index contributed by atoms with van der Waals surface area (Å²) in [4.78, 5) is 19.2. The van der Waals surface area contributed by atoms with Crippen LogP contribution in [0.3, 0.4) is 0 Å². The van der Waals surface area contributed by atoms with E-state index in [1.54, 1.807) is 36.5 Å². The number of morpholine rings is 1. The fraction of sp³-hybridized carbons (Fsp3) is 0.294. The number of aromatic nitrogens is 1. The first-order valence-electron chi connectivity index (χ1n) is 7.80. The van der Waals surface area contributed by atoms with Gasteiger partial charge in [-0.1, -0.05) is 0 Å². The van der Waals surface area contributed by atoms with Crippen LogP contribution < -0.4 is 19.7 Å². The monoisotopic (exact) mass is 327 g/mol. The maximum absolute atomic E-state index is 12.7. The Kier molecular flexibility index (Phi) is 3.92. The Morgan fingerprint density at radius 2 is 1.96 bits per heavy atom. The van der Waals surface area contributed by atoms with Gasteiger partial charge in [0.1, 0.15) is 5.82 Å². The second-order valence-electron chi connectivity index (χ2n) is 5.50. The zero-order valence-electron chi connectivity index (χ0n) is 13.0. The Labute approximate surface area is 139 Å². The van der Waals surface area contributed by atoms with Gasteiger partial charge in [-0.2, -0.15) is 0 Å². The lowest BCUT2D eigenvalue weighted by Crippen LogP contribution is -2.38. The SMILES string of the molecule is O=C(Nc1ccc2c(c1)OCO2)c1cccnc1N1CCOCC1. The van der Waals surface area contributed by atoms with Crippen molar-refractivity contribution >= 4 is 17.4 Å². The highest BCUT2D eigenvalue weighted by atomic mass is 16.7. The third kappa shape index (κ3) is 2.85. The average molecular weight is 327 g/mol. The number of benzene rings is 1. The third-order valence-corrected chi connectivity index (χ3v) is 3.97.